The number of aliphatic hydroxyl groups is 5. The zero-order valence-electron chi connectivity index (χ0n) is 14.8. The summed E-state index contributed by atoms with van der Waals surface area (Å²) in [4.78, 5) is 26.4. The van der Waals surface area contributed by atoms with Crippen molar-refractivity contribution in [3.05, 3.63) is 21.8 Å². The van der Waals surface area contributed by atoms with Gasteiger partial charge < -0.3 is 35.7 Å². The lowest BCUT2D eigenvalue weighted by Gasteiger charge is -2.24. The summed E-state index contributed by atoms with van der Waals surface area (Å²) in [6.07, 6.45) is -2.66. The Hall–Kier alpha value is 0.150. The SMILES string of the molecule is CN(CC(O)CO)C(=O)c1c(I)c(CO)c(I)c(NC(=O)C(O)CCO)c1I. The number of carbonyl (C=O) groups excluding carboxylic acids is 2. The molecule has 0 saturated heterocycles. The molecule has 28 heavy (non-hydrogen) atoms. The third-order valence-corrected chi connectivity index (χ3v) is 7.23. The monoisotopic (exact) mass is 734 g/mol. The van der Waals surface area contributed by atoms with Gasteiger partial charge in [0.2, 0.25) is 0 Å². The molecule has 158 valence electrons. The van der Waals surface area contributed by atoms with Gasteiger partial charge in [-0.3, -0.25) is 9.59 Å². The van der Waals surface area contributed by atoms with Crippen LogP contribution in [-0.2, 0) is 11.4 Å². The molecule has 1 aromatic rings. The van der Waals surface area contributed by atoms with Gasteiger partial charge in [0.1, 0.15) is 6.10 Å². The molecule has 0 aliphatic carbocycles. The number of nitrogens with zero attached hydrogens (tertiary/aromatic N) is 1. The van der Waals surface area contributed by atoms with E-state index in [1.54, 1.807) is 0 Å². The zero-order valence-corrected chi connectivity index (χ0v) is 21.3. The van der Waals surface area contributed by atoms with Gasteiger partial charge in [-0.1, -0.05) is 0 Å². The molecular formula is C16H21I3N2O7. The fourth-order valence-corrected chi connectivity index (χ4v) is 6.50. The Balaban J connectivity index is 3.42. The molecule has 9 nitrogen and oxygen atoms in total. The largest absolute Gasteiger partial charge is 0.396 e. The van der Waals surface area contributed by atoms with Crippen LogP contribution in [0.25, 0.3) is 0 Å². The summed E-state index contributed by atoms with van der Waals surface area (Å²) in [7, 11) is 1.47. The van der Waals surface area contributed by atoms with E-state index in [9.17, 15) is 24.9 Å². The number of anilines is 1. The number of carbonyl (C=O) groups is 2. The quantitative estimate of drug-likeness (QED) is 0.197. The first kappa shape index (κ1) is 26.2. The minimum absolute atomic E-state index is 0.0984. The Labute approximate surface area is 202 Å². The van der Waals surface area contributed by atoms with Crippen molar-refractivity contribution in [2.45, 2.75) is 25.2 Å². The van der Waals surface area contributed by atoms with Crippen molar-refractivity contribution in [1.29, 1.82) is 0 Å². The molecule has 2 atom stereocenters. The number of rotatable bonds is 9. The molecule has 1 aromatic carbocycles. The first-order valence-corrected chi connectivity index (χ1v) is 11.3. The van der Waals surface area contributed by atoms with Gasteiger partial charge in [0.25, 0.3) is 11.8 Å². The highest BCUT2D eigenvalue weighted by molar-refractivity contribution is 14.1. The van der Waals surface area contributed by atoms with E-state index in [1.165, 1.54) is 11.9 Å². The minimum Gasteiger partial charge on any atom is -0.396 e. The molecule has 0 saturated carbocycles. The number of hydrogen-bond acceptors (Lipinski definition) is 7. The molecule has 6 N–H and O–H groups in total. The van der Waals surface area contributed by atoms with E-state index in [0.29, 0.717) is 16.3 Å². The van der Waals surface area contributed by atoms with E-state index in [0.717, 1.165) is 0 Å². The molecule has 0 fully saturated rings. The zero-order chi connectivity index (χ0) is 21.6. The summed E-state index contributed by atoms with van der Waals surface area (Å²) >= 11 is 5.78. The van der Waals surface area contributed by atoms with Crippen LogP contribution in [-0.4, -0.2) is 81.3 Å². The van der Waals surface area contributed by atoms with Crippen molar-refractivity contribution in [2.75, 3.05) is 32.1 Å². The minimum atomic E-state index is -1.42. The molecule has 1 rings (SSSR count). The Bertz CT molecular complexity index is 733. The van der Waals surface area contributed by atoms with Crippen LogP contribution in [0.15, 0.2) is 0 Å². The summed E-state index contributed by atoms with van der Waals surface area (Å²) in [5.41, 5.74) is 0.936. The van der Waals surface area contributed by atoms with E-state index in [1.807, 2.05) is 67.8 Å². The normalized spacial score (nSPS) is 13.2. The van der Waals surface area contributed by atoms with Gasteiger partial charge in [-0.05, 0) is 67.8 Å². The predicted molar refractivity (Wildman–Crippen MR) is 127 cm³/mol. The Morgan fingerprint density at radius 1 is 1.07 bits per heavy atom. The highest BCUT2D eigenvalue weighted by atomic mass is 127. The average molecular weight is 734 g/mol. The molecule has 12 heteroatoms. The van der Waals surface area contributed by atoms with E-state index >= 15 is 0 Å². The van der Waals surface area contributed by atoms with Crippen molar-refractivity contribution >= 4 is 85.3 Å². The molecule has 0 aliphatic rings. The van der Waals surface area contributed by atoms with Gasteiger partial charge >= 0.3 is 0 Å². The van der Waals surface area contributed by atoms with E-state index in [2.05, 4.69) is 5.32 Å². The number of halogens is 3. The standard InChI is InChI=1S/C16H21I3N2O7/c1-21(4-7(25)5-23)16(28)10-11(17)8(6-24)12(18)14(13(10)19)20-15(27)9(26)2-3-22/h7,9,22-26H,2-6H2,1H3,(H,20,27). The maximum atomic E-state index is 12.9. The van der Waals surface area contributed by atoms with E-state index in [4.69, 9.17) is 10.2 Å². The molecule has 0 aromatic heterocycles. The first-order chi connectivity index (χ1) is 13.1. The lowest BCUT2D eigenvalue weighted by molar-refractivity contribution is -0.124. The van der Waals surface area contributed by atoms with Crippen molar-refractivity contribution in [1.82, 2.24) is 4.90 Å². The van der Waals surface area contributed by atoms with E-state index in [-0.39, 0.29) is 37.4 Å². The number of hydrogen-bond donors (Lipinski definition) is 6. The second-order valence-electron chi connectivity index (χ2n) is 5.87. The summed E-state index contributed by atoms with van der Waals surface area (Å²) in [6, 6.07) is 0. The topological polar surface area (TPSA) is 151 Å². The van der Waals surface area contributed by atoms with Crippen molar-refractivity contribution < 1.29 is 35.1 Å². The second-order valence-corrected chi connectivity index (χ2v) is 9.10. The maximum absolute atomic E-state index is 12.9. The molecular weight excluding hydrogens is 713 g/mol. The van der Waals surface area contributed by atoms with Crippen molar-refractivity contribution in [3.63, 3.8) is 0 Å². The van der Waals surface area contributed by atoms with Crippen LogP contribution < -0.4 is 5.32 Å². The third kappa shape index (κ3) is 6.32. The summed E-state index contributed by atoms with van der Waals surface area (Å²) in [5, 5.41) is 49.6. The third-order valence-electron chi connectivity index (χ3n) is 3.78. The Morgan fingerprint density at radius 3 is 2.18 bits per heavy atom. The van der Waals surface area contributed by atoms with Crippen LogP contribution >= 0.6 is 67.8 Å². The Kier molecular flexibility index (Phi) is 11.3. The molecule has 2 amide bonds. The summed E-state index contributed by atoms with van der Waals surface area (Å²) in [6.45, 7) is -1.33. The number of amides is 2. The number of nitrogens with one attached hydrogen (secondary N) is 1. The van der Waals surface area contributed by atoms with Gasteiger partial charge in [-0.2, -0.15) is 0 Å². The van der Waals surface area contributed by atoms with Crippen LogP contribution in [0.2, 0.25) is 0 Å². The lowest BCUT2D eigenvalue weighted by atomic mass is 10.1. The molecule has 0 bridgehead atoms. The lowest BCUT2D eigenvalue weighted by Crippen LogP contribution is -2.37. The molecule has 0 spiro atoms. The van der Waals surface area contributed by atoms with Crippen molar-refractivity contribution in [2.24, 2.45) is 0 Å². The first-order valence-electron chi connectivity index (χ1n) is 8.04. The summed E-state index contributed by atoms with van der Waals surface area (Å²) < 4.78 is 1.43. The molecule has 0 aliphatic heterocycles. The highest BCUT2D eigenvalue weighted by Crippen LogP contribution is 2.36. The fourth-order valence-electron chi connectivity index (χ4n) is 2.26. The van der Waals surface area contributed by atoms with Gasteiger partial charge in [0.15, 0.2) is 0 Å². The smallest absolute Gasteiger partial charge is 0.255 e. The molecule has 0 heterocycles. The Morgan fingerprint density at radius 2 is 1.68 bits per heavy atom. The van der Waals surface area contributed by atoms with Crippen LogP contribution in [0.4, 0.5) is 5.69 Å². The number of benzene rings is 1. The van der Waals surface area contributed by atoms with Crippen molar-refractivity contribution in [3.8, 4) is 0 Å². The average Bonchev–Trinajstić information content (AvgIpc) is 2.65. The van der Waals surface area contributed by atoms with Crippen LogP contribution in [0.5, 0.6) is 0 Å². The molecule has 2 unspecified atom stereocenters. The molecule has 0 radical (unpaired) electrons. The number of likely N-dealkylation sites (N-methyl/N-ethyl adjacent to an activating group) is 1. The fraction of sp³-hybridized carbons (Fsp3) is 0.500. The predicted octanol–water partition coefficient (Wildman–Crippen LogP) is 0.0997. The highest BCUT2D eigenvalue weighted by Gasteiger charge is 2.28. The van der Waals surface area contributed by atoms with E-state index < -0.39 is 30.6 Å². The van der Waals surface area contributed by atoms with Gasteiger partial charge in [-0.15, -0.1) is 0 Å². The van der Waals surface area contributed by atoms with Gasteiger partial charge in [0, 0.05) is 39.3 Å². The van der Waals surface area contributed by atoms with Gasteiger partial charge in [-0.25, -0.2) is 0 Å². The van der Waals surface area contributed by atoms with Crippen LogP contribution in [0, 0.1) is 10.7 Å². The van der Waals surface area contributed by atoms with Gasteiger partial charge in [0.05, 0.1) is 34.1 Å². The second kappa shape index (κ2) is 12.1. The van der Waals surface area contributed by atoms with Crippen LogP contribution in [0.1, 0.15) is 22.3 Å². The maximum Gasteiger partial charge on any atom is 0.255 e. The number of aliphatic hydroxyl groups excluding tert-OH is 5. The van der Waals surface area contributed by atoms with Crippen LogP contribution in [0.3, 0.4) is 0 Å². The summed E-state index contributed by atoms with van der Waals surface area (Å²) in [5.74, 6) is -1.20.